The maximum absolute atomic E-state index is 6.14. The Kier molecular flexibility index (Phi) is 3.28. The van der Waals surface area contributed by atoms with Crippen molar-refractivity contribution in [3.05, 3.63) is 5.69 Å². The summed E-state index contributed by atoms with van der Waals surface area (Å²) in [6.07, 6.45) is 2.98. The maximum atomic E-state index is 6.14. The van der Waals surface area contributed by atoms with E-state index in [1.54, 1.807) is 0 Å². The van der Waals surface area contributed by atoms with Crippen LogP contribution in [0.15, 0.2) is 0 Å². The van der Waals surface area contributed by atoms with Crippen LogP contribution >= 0.6 is 0 Å². The predicted molar refractivity (Wildman–Crippen MR) is 69.1 cm³/mol. The van der Waals surface area contributed by atoms with Crippen molar-refractivity contribution in [2.45, 2.75) is 38.6 Å². The lowest BCUT2D eigenvalue weighted by atomic mass is 10.0. The van der Waals surface area contributed by atoms with Gasteiger partial charge in [-0.1, -0.05) is 13.3 Å². The van der Waals surface area contributed by atoms with Gasteiger partial charge >= 0.3 is 0 Å². The number of aromatic nitrogens is 2. The second-order valence-corrected chi connectivity index (χ2v) is 5.07. The molecule has 1 fully saturated rings. The van der Waals surface area contributed by atoms with Gasteiger partial charge in [0.15, 0.2) is 0 Å². The lowest BCUT2D eigenvalue weighted by Crippen LogP contribution is -2.36. The van der Waals surface area contributed by atoms with Crippen molar-refractivity contribution in [3.8, 4) is 0 Å². The van der Waals surface area contributed by atoms with Gasteiger partial charge < -0.3 is 15.8 Å². The summed E-state index contributed by atoms with van der Waals surface area (Å²) in [5.74, 6) is 0.918. The molecule has 1 aliphatic heterocycles. The third kappa shape index (κ3) is 2.39. The van der Waals surface area contributed by atoms with Crippen molar-refractivity contribution in [1.29, 1.82) is 0 Å². The number of nitrogens with one attached hydrogen (secondary N) is 1. The molecule has 3 N–H and O–H groups in total. The number of hydrogen-bond donors (Lipinski definition) is 2. The standard InChI is InChI=1S/C12H22N4O/c1-4-5-9-10(13)11(16(3)15-9)14-12(2)6-7-17-8-12/h14H,4-8,13H2,1-3H3. The number of nitrogen functional groups attached to an aromatic ring is 1. The van der Waals surface area contributed by atoms with Gasteiger partial charge in [0, 0.05) is 13.7 Å². The molecule has 2 heterocycles. The first-order chi connectivity index (χ1) is 8.06. The van der Waals surface area contributed by atoms with Crippen LogP contribution in [-0.4, -0.2) is 28.5 Å². The number of anilines is 2. The smallest absolute Gasteiger partial charge is 0.148 e. The summed E-state index contributed by atoms with van der Waals surface area (Å²) < 4.78 is 7.27. The van der Waals surface area contributed by atoms with Gasteiger partial charge in [-0.2, -0.15) is 5.10 Å². The molecular formula is C12H22N4O. The summed E-state index contributed by atoms with van der Waals surface area (Å²) in [6.45, 7) is 5.82. The molecule has 0 amide bonds. The molecule has 0 radical (unpaired) electrons. The SMILES string of the molecule is CCCc1nn(C)c(NC2(C)CCOC2)c1N. The van der Waals surface area contributed by atoms with Crippen LogP contribution in [0.5, 0.6) is 0 Å². The van der Waals surface area contributed by atoms with Crippen molar-refractivity contribution >= 4 is 11.5 Å². The van der Waals surface area contributed by atoms with Crippen LogP contribution in [-0.2, 0) is 18.2 Å². The Balaban J connectivity index is 2.20. The van der Waals surface area contributed by atoms with Crippen LogP contribution in [0.25, 0.3) is 0 Å². The molecule has 0 aromatic carbocycles. The number of aryl methyl sites for hydroxylation is 2. The quantitative estimate of drug-likeness (QED) is 0.835. The number of nitrogens with zero attached hydrogens (tertiary/aromatic N) is 2. The van der Waals surface area contributed by atoms with Gasteiger partial charge in [-0.05, 0) is 19.8 Å². The molecule has 5 heteroatoms. The molecule has 96 valence electrons. The van der Waals surface area contributed by atoms with E-state index in [0.29, 0.717) is 0 Å². The Morgan fingerprint density at radius 1 is 1.59 bits per heavy atom. The van der Waals surface area contributed by atoms with Gasteiger partial charge in [-0.15, -0.1) is 0 Å². The second-order valence-electron chi connectivity index (χ2n) is 5.07. The number of rotatable bonds is 4. The van der Waals surface area contributed by atoms with Crippen LogP contribution in [0.1, 0.15) is 32.4 Å². The zero-order chi connectivity index (χ0) is 12.5. The summed E-state index contributed by atoms with van der Waals surface area (Å²) in [7, 11) is 1.93. The van der Waals surface area contributed by atoms with Gasteiger partial charge in [-0.25, -0.2) is 0 Å². The molecule has 1 aliphatic rings. The van der Waals surface area contributed by atoms with Crippen LogP contribution < -0.4 is 11.1 Å². The molecule has 2 rings (SSSR count). The van der Waals surface area contributed by atoms with Crippen molar-refractivity contribution in [1.82, 2.24) is 9.78 Å². The molecule has 0 bridgehead atoms. The normalized spacial score (nSPS) is 24.2. The van der Waals surface area contributed by atoms with Crippen LogP contribution in [0.2, 0.25) is 0 Å². The van der Waals surface area contributed by atoms with E-state index in [1.165, 1.54) is 0 Å². The Morgan fingerprint density at radius 3 is 2.94 bits per heavy atom. The average molecular weight is 238 g/mol. The average Bonchev–Trinajstić information content (AvgIpc) is 2.80. The zero-order valence-electron chi connectivity index (χ0n) is 10.9. The lowest BCUT2D eigenvalue weighted by molar-refractivity contribution is 0.185. The summed E-state index contributed by atoms with van der Waals surface area (Å²) in [5.41, 5.74) is 7.88. The molecule has 1 aromatic rings. The minimum atomic E-state index is -0.0224. The fourth-order valence-corrected chi connectivity index (χ4v) is 2.22. The zero-order valence-corrected chi connectivity index (χ0v) is 10.9. The minimum Gasteiger partial charge on any atom is -0.394 e. The molecule has 1 unspecified atom stereocenters. The Bertz CT molecular complexity index is 393. The monoisotopic (exact) mass is 238 g/mol. The lowest BCUT2D eigenvalue weighted by Gasteiger charge is -2.25. The van der Waals surface area contributed by atoms with E-state index in [1.807, 2.05) is 11.7 Å². The van der Waals surface area contributed by atoms with E-state index in [0.717, 1.165) is 49.7 Å². The summed E-state index contributed by atoms with van der Waals surface area (Å²) >= 11 is 0. The van der Waals surface area contributed by atoms with Crippen molar-refractivity contribution in [3.63, 3.8) is 0 Å². The highest BCUT2D eigenvalue weighted by molar-refractivity contribution is 5.66. The molecule has 0 aliphatic carbocycles. The molecular weight excluding hydrogens is 216 g/mol. The van der Waals surface area contributed by atoms with E-state index in [9.17, 15) is 0 Å². The number of hydrogen-bond acceptors (Lipinski definition) is 4. The molecule has 1 saturated heterocycles. The van der Waals surface area contributed by atoms with Crippen LogP contribution in [0.4, 0.5) is 11.5 Å². The van der Waals surface area contributed by atoms with Gasteiger partial charge in [0.2, 0.25) is 0 Å². The van der Waals surface area contributed by atoms with Crippen molar-refractivity contribution in [2.24, 2.45) is 7.05 Å². The molecule has 17 heavy (non-hydrogen) atoms. The molecule has 5 nitrogen and oxygen atoms in total. The summed E-state index contributed by atoms with van der Waals surface area (Å²) in [4.78, 5) is 0. The first-order valence-electron chi connectivity index (χ1n) is 6.23. The Labute approximate surface area is 102 Å². The van der Waals surface area contributed by atoms with Crippen LogP contribution in [0, 0.1) is 0 Å². The first kappa shape index (κ1) is 12.2. The second kappa shape index (κ2) is 4.56. The number of nitrogens with two attached hydrogens (primary N) is 1. The van der Waals surface area contributed by atoms with Gasteiger partial charge in [0.05, 0.1) is 23.5 Å². The molecule has 1 aromatic heterocycles. The molecule has 0 saturated carbocycles. The van der Waals surface area contributed by atoms with Crippen molar-refractivity contribution in [2.75, 3.05) is 24.3 Å². The van der Waals surface area contributed by atoms with E-state index in [2.05, 4.69) is 24.3 Å². The first-order valence-corrected chi connectivity index (χ1v) is 6.23. The van der Waals surface area contributed by atoms with E-state index in [-0.39, 0.29) is 5.54 Å². The van der Waals surface area contributed by atoms with E-state index < -0.39 is 0 Å². The predicted octanol–water partition coefficient (Wildman–Crippen LogP) is 1.55. The fraction of sp³-hybridized carbons (Fsp3) is 0.750. The molecule has 0 spiro atoms. The topological polar surface area (TPSA) is 65.1 Å². The summed E-state index contributed by atoms with van der Waals surface area (Å²) in [5, 5.41) is 7.94. The Hall–Kier alpha value is -1.23. The van der Waals surface area contributed by atoms with Crippen molar-refractivity contribution < 1.29 is 4.74 Å². The van der Waals surface area contributed by atoms with Gasteiger partial charge in [-0.3, -0.25) is 4.68 Å². The highest BCUT2D eigenvalue weighted by atomic mass is 16.5. The minimum absolute atomic E-state index is 0.0224. The largest absolute Gasteiger partial charge is 0.394 e. The van der Waals surface area contributed by atoms with E-state index in [4.69, 9.17) is 10.5 Å². The Morgan fingerprint density at radius 2 is 2.35 bits per heavy atom. The highest BCUT2D eigenvalue weighted by Crippen LogP contribution is 2.29. The maximum Gasteiger partial charge on any atom is 0.148 e. The number of ether oxygens (including phenoxy) is 1. The summed E-state index contributed by atoms with van der Waals surface area (Å²) in [6, 6.07) is 0. The van der Waals surface area contributed by atoms with E-state index >= 15 is 0 Å². The van der Waals surface area contributed by atoms with Gasteiger partial charge in [0.25, 0.3) is 0 Å². The van der Waals surface area contributed by atoms with Gasteiger partial charge in [0.1, 0.15) is 5.82 Å². The highest BCUT2D eigenvalue weighted by Gasteiger charge is 2.31. The third-order valence-electron chi connectivity index (χ3n) is 3.29. The fourth-order valence-electron chi connectivity index (χ4n) is 2.22. The van der Waals surface area contributed by atoms with Crippen LogP contribution in [0.3, 0.4) is 0 Å². The molecule has 1 atom stereocenters. The third-order valence-corrected chi connectivity index (χ3v) is 3.29.